The first-order chi connectivity index (χ1) is 10.1. The molecular formula is C16H18N2O3. The summed E-state index contributed by atoms with van der Waals surface area (Å²) in [5, 5.41) is 9.31. The van der Waals surface area contributed by atoms with Gasteiger partial charge in [-0.15, -0.1) is 0 Å². The fourth-order valence-corrected chi connectivity index (χ4v) is 1.95. The van der Waals surface area contributed by atoms with E-state index in [0.29, 0.717) is 17.9 Å². The zero-order valence-corrected chi connectivity index (χ0v) is 11.5. The largest absolute Gasteiger partial charge is 0.478 e. The number of carbonyl (C=O) groups is 1. The molecule has 2 aromatic carbocycles. The second kappa shape index (κ2) is 6.88. The Morgan fingerprint density at radius 3 is 2.19 bits per heavy atom. The third kappa shape index (κ3) is 3.81. The summed E-state index contributed by atoms with van der Waals surface area (Å²) in [5.74, 6) is -0.567. The molecule has 0 aliphatic carbocycles. The fourth-order valence-electron chi connectivity index (χ4n) is 1.95. The average Bonchev–Trinajstić information content (AvgIpc) is 2.53. The minimum atomic E-state index is -1.04. The van der Waals surface area contributed by atoms with Crippen LogP contribution in [0, 0.1) is 0 Å². The summed E-state index contributed by atoms with van der Waals surface area (Å²) < 4.78 is 5.56. The van der Waals surface area contributed by atoms with Crippen molar-refractivity contribution in [1.82, 2.24) is 0 Å². The lowest BCUT2D eigenvalue weighted by Crippen LogP contribution is -2.21. The summed E-state index contributed by atoms with van der Waals surface area (Å²) in [6.07, 6.45) is -1.04. The van der Waals surface area contributed by atoms with E-state index in [2.05, 4.69) is 0 Å². The van der Waals surface area contributed by atoms with Crippen LogP contribution in [0.3, 0.4) is 0 Å². The van der Waals surface area contributed by atoms with Crippen molar-refractivity contribution in [2.24, 2.45) is 11.5 Å². The molecule has 0 spiro atoms. The van der Waals surface area contributed by atoms with E-state index in [0.717, 1.165) is 5.56 Å². The molecule has 0 saturated heterocycles. The summed E-state index contributed by atoms with van der Waals surface area (Å²) in [5.41, 5.74) is 12.8. The summed E-state index contributed by atoms with van der Waals surface area (Å²) in [4.78, 5) is 11.4. The predicted octanol–water partition coefficient (Wildman–Crippen LogP) is 1.85. The standard InChI is InChI=1S/C16H18N2O3/c17-10-14(18)11-6-8-13(9-7-11)21-15(16(19)20)12-4-2-1-3-5-12/h1-9,14-15H,10,17-18H2,(H,19,20). The highest BCUT2D eigenvalue weighted by Crippen LogP contribution is 2.23. The van der Waals surface area contributed by atoms with Crippen LogP contribution in [0.5, 0.6) is 5.75 Å². The number of benzene rings is 2. The number of carboxylic acid groups (broad SMARTS) is 1. The summed E-state index contributed by atoms with van der Waals surface area (Å²) in [6, 6.07) is 15.6. The van der Waals surface area contributed by atoms with Gasteiger partial charge in [0.2, 0.25) is 6.10 Å². The van der Waals surface area contributed by atoms with Gasteiger partial charge < -0.3 is 21.3 Å². The predicted molar refractivity (Wildman–Crippen MR) is 79.9 cm³/mol. The molecule has 0 amide bonds. The van der Waals surface area contributed by atoms with Crippen LogP contribution < -0.4 is 16.2 Å². The van der Waals surface area contributed by atoms with Gasteiger partial charge >= 0.3 is 5.97 Å². The Kier molecular flexibility index (Phi) is 4.92. The third-order valence-corrected chi connectivity index (χ3v) is 3.14. The average molecular weight is 286 g/mol. The molecule has 5 nitrogen and oxygen atoms in total. The van der Waals surface area contributed by atoms with Gasteiger partial charge in [0, 0.05) is 18.2 Å². The Morgan fingerprint density at radius 2 is 1.67 bits per heavy atom. The third-order valence-electron chi connectivity index (χ3n) is 3.14. The minimum absolute atomic E-state index is 0.233. The van der Waals surface area contributed by atoms with Crippen molar-refractivity contribution in [3.05, 3.63) is 65.7 Å². The van der Waals surface area contributed by atoms with Crippen LogP contribution in [0.2, 0.25) is 0 Å². The summed E-state index contributed by atoms with van der Waals surface area (Å²) in [6.45, 7) is 0.349. The van der Waals surface area contributed by atoms with Gasteiger partial charge in [-0.25, -0.2) is 4.79 Å². The van der Waals surface area contributed by atoms with Gasteiger partial charge in [-0.3, -0.25) is 0 Å². The minimum Gasteiger partial charge on any atom is -0.478 e. The monoisotopic (exact) mass is 286 g/mol. The van der Waals surface area contributed by atoms with Crippen molar-refractivity contribution in [3.8, 4) is 5.75 Å². The van der Waals surface area contributed by atoms with Crippen molar-refractivity contribution in [2.45, 2.75) is 12.1 Å². The number of ether oxygens (including phenoxy) is 1. The molecule has 21 heavy (non-hydrogen) atoms. The van der Waals surface area contributed by atoms with Crippen molar-refractivity contribution >= 4 is 5.97 Å². The summed E-state index contributed by atoms with van der Waals surface area (Å²) >= 11 is 0. The molecule has 0 saturated carbocycles. The van der Waals surface area contributed by atoms with Crippen molar-refractivity contribution < 1.29 is 14.6 Å². The van der Waals surface area contributed by atoms with Gasteiger partial charge in [0.15, 0.2) is 0 Å². The summed E-state index contributed by atoms with van der Waals surface area (Å²) in [7, 11) is 0. The molecule has 0 fully saturated rings. The van der Waals surface area contributed by atoms with Crippen molar-refractivity contribution in [1.29, 1.82) is 0 Å². The second-order valence-corrected chi connectivity index (χ2v) is 4.66. The van der Waals surface area contributed by atoms with Crippen molar-refractivity contribution in [3.63, 3.8) is 0 Å². The number of nitrogens with two attached hydrogens (primary N) is 2. The molecule has 2 atom stereocenters. The maximum absolute atomic E-state index is 11.4. The highest BCUT2D eigenvalue weighted by Gasteiger charge is 2.21. The molecule has 2 aromatic rings. The van der Waals surface area contributed by atoms with Gasteiger partial charge in [-0.1, -0.05) is 42.5 Å². The van der Waals surface area contributed by atoms with Crippen molar-refractivity contribution in [2.75, 3.05) is 6.54 Å². The van der Waals surface area contributed by atoms with E-state index in [1.165, 1.54) is 0 Å². The molecule has 0 aliphatic heterocycles. The first-order valence-corrected chi connectivity index (χ1v) is 6.62. The molecule has 0 radical (unpaired) electrons. The maximum Gasteiger partial charge on any atom is 0.349 e. The van der Waals surface area contributed by atoms with E-state index >= 15 is 0 Å². The van der Waals surface area contributed by atoms with E-state index in [-0.39, 0.29) is 6.04 Å². The molecule has 2 rings (SSSR count). The lowest BCUT2D eigenvalue weighted by molar-refractivity contribution is -0.145. The van der Waals surface area contributed by atoms with E-state index in [1.807, 2.05) is 6.07 Å². The molecule has 0 heterocycles. The van der Waals surface area contributed by atoms with Gasteiger partial charge in [0.05, 0.1) is 0 Å². The highest BCUT2D eigenvalue weighted by atomic mass is 16.5. The molecular weight excluding hydrogens is 268 g/mol. The molecule has 0 bridgehead atoms. The lowest BCUT2D eigenvalue weighted by atomic mass is 10.1. The molecule has 0 aromatic heterocycles. The maximum atomic E-state index is 11.4. The number of hydrogen-bond acceptors (Lipinski definition) is 4. The zero-order valence-electron chi connectivity index (χ0n) is 11.5. The smallest absolute Gasteiger partial charge is 0.349 e. The van der Waals surface area contributed by atoms with Gasteiger partial charge in [0.25, 0.3) is 0 Å². The molecule has 2 unspecified atom stereocenters. The number of carboxylic acids is 1. The SMILES string of the molecule is NCC(N)c1ccc(OC(C(=O)O)c2ccccc2)cc1. The van der Waals surface area contributed by atoms with E-state index in [9.17, 15) is 9.90 Å². The lowest BCUT2D eigenvalue weighted by Gasteiger charge is -2.16. The molecule has 110 valence electrons. The number of rotatable bonds is 6. The Balaban J connectivity index is 2.16. The number of aliphatic carboxylic acids is 1. The van der Waals surface area contributed by atoms with E-state index in [1.54, 1.807) is 48.5 Å². The van der Waals surface area contributed by atoms with E-state index in [4.69, 9.17) is 16.2 Å². The van der Waals surface area contributed by atoms with Crippen LogP contribution in [0.15, 0.2) is 54.6 Å². The first-order valence-electron chi connectivity index (χ1n) is 6.62. The van der Waals surface area contributed by atoms with Gasteiger partial charge in [-0.2, -0.15) is 0 Å². The van der Waals surface area contributed by atoms with Crippen LogP contribution >= 0.6 is 0 Å². The van der Waals surface area contributed by atoms with Crippen LogP contribution in [-0.4, -0.2) is 17.6 Å². The van der Waals surface area contributed by atoms with Gasteiger partial charge in [0.1, 0.15) is 5.75 Å². The normalized spacial score (nSPS) is 13.4. The Morgan fingerprint density at radius 1 is 1.05 bits per heavy atom. The van der Waals surface area contributed by atoms with Crippen LogP contribution in [0.25, 0.3) is 0 Å². The Labute approximate surface area is 123 Å². The first kappa shape index (κ1) is 15.0. The zero-order chi connectivity index (χ0) is 15.2. The molecule has 5 heteroatoms. The molecule has 0 aliphatic rings. The quantitative estimate of drug-likeness (QED) is 0.752. The van der Waals surface area contributed by atoms with Crippen LogP contribution in [0.1, 0.15) is 23.3 Å². The van der Waals surface area contributed by atoms with Gasteiger partial charge in [-0.05, 0) is 17.7 Å². The second-order valence-electron chi connectivity index (χ2n) is 4.66. The Bertz CT molecular complexity index is 584. The highest BCUT2D eigenvalue weighted by molar-refractivity contribution is 5.74. The topological polar surface area (TPSA) is 98.6 Å². The fraction of sp³-hybridized carbons (Fsp3) is 0.188. The van der Waals surface area contributed by atoms with Crippen LogP contribution in [-0.2, 0) is 4.79 Å². The Hall–Kier alpha value is -2.37. The van der Waals surface area contributed by atoms with Crippen LogP contribution in [0.4, 0.5) is 0 Å². The molecule has 5 N–H and O–H groups in total. The van der Waals surface area contributed by atoms with E-state index < -0.39 is 12.1 Å². The number of hydrogen-bond donors (Lipinski definition) is 3.